The molecule has 0 saturated carbocycles. The number of hydrogen-bond donors (Lipinski definition) is 4. The van der Waals surface area contributed by atoms with Crippen molar-refractivity contribution < 1.29 is 23.4 Å². The summed E-state index contributed by atoms with van der Waals surface area (Å²) in [5.41, 5.74) is 3.93. The van der Waals surface area contributed by atoms with Crippen molar-refractivity contribution in [3.63, 3.8) is 0 Å². The van der Waals surface area contributed by atoms with Crippen LogP contribution in [0.5, 0.6) is 5.75 Å². The smallest absolute Gasteiger partial charge is 0.420 e. The molecule has 3 heterocycles. The highest BCUT2D eigenvalue weighted by molar-refractivity contribution is 6.20. The number of rotatable bonds is 6. The Kier molecular flexibility index (Phi) is 5.85. The van der Waals surface area contributed by atoms with E-state index in [0.717, 1.165) is 0 Å². The molecule has 1 aromatic carbocycles. The van der Waals surface area contributed by atoms with E-state index in [9.17, 15) is 18.7 Å². The van der Waals surface area contributed by atoms with Gasteiger partial charge >= 0.3 is 5.57 Å². The third kappa shape index (κ3) is 4.89. The highest BCUT2D eigenvalue weighted by atomic mass is 35.5. The lowest BCUT2D eigenvalue weighted by atomic mass is 10.1. The molecule has 168 valence electrons. The molecule has 1 saturated heterocycles. The number of aromatic nitrogens is 3. The second-order valence-electron chi connectivity index (χ2n) is 7.18. The molecule has 1 atom stereocenters. The average molecular weight is 465 g/mol. The number of nitrogens with zero attached hydrogens (tertiary/aromatic N) is 3. The number of halogens is 3. The number of aliphatic hydroxyl groups is 1. The van der Waals surface area contributed by atoms with Crippen LogP contribution in [-0.2, 0) is 0 Å². The Morgan fingerprint density at radius 3 is 2.69 bits per heavy atom. The monoisotopic (exact) mass is 464 g/mol. The van der Waals surface area contributed by atoms with Gasteiger partial charge in [0.25, 0.3) is 5.91 Å². The third-order valence-electron chi connectivity index (χ3n) is 4.88. The fourth-order valence-electron chi connectivity index (χ4n) is 3.42. The number of aliphatic hydroxyl groups excluding tert-OH is 1. The summed E-state index contributed by atoms with van der Waals surface area (Å²) in [6.45, 7) is 0.991. The number of aromatic amines is 1. The van der Waals surface area contributed by atoms with E-state index >= 15 is 0 Å². The molecule has 3 aromatic rings. The van der Waals surface area contributed by atoms with Crippen molar-refractivity contribution in [2.45, 2.75) is 18.1 Å². The number of ether oxygens (including phenoxy) is 1. The maximum Gasteiger partial charge on any atom is 0.487 e. The molecule has 0 unspecified atom stereocenters. The molecule has 0 bridgehead atoms. The van der Waals surface area contributed by atoms with Crippen LogP contribution in [0.15, 0.2) is 42.6 Å². The van der Waals surface area contributed by atoms with Crippen LogP contribution in [0.3, 0.4) is 0 Å². The lowest BCUT2D eigenvalue weighted by Crippen LogP contribution is -2.24. The summed E-state index contributed by atoms with van der Waals surface area (Å²) in [6, 6.07) is 8.58. The zero-order valence-electron chi connectivity index (χ0n) is 16.6. The van der Waals surface area contributed by atoms with Crippen LogP contribution in [0.4, 0.5) is 26.1 Å². The summed E-state index contributed by atoms with van der Waals surface area (Å²) >= 11 is 4.74. The van der Waals surface area contributed by atoms with Gasteiger partial charge in [0.05, 0.1) is 17.4 Å². The first-order valence-electron chi connectivity index (χ1n) is 9.60. The average Bonchev–Trinajstić information content (AvgIpc) is 3.40. The molecule has 9 nitrogen and oxygen atoms in total. The Hall–Kier alpha value is -3.44. The van der Waals surface area contributed by atoms with Gasteiger partial charge in [-0.15, -0.1) is 8.78 Å². The normalized spacial score (nSPS) is 16.2. The molecule has 2 aromatic heterocycles. The summed E-state index contributed by atoms with van der Waals surface area (Å²) in [5.74, 6) is -0.171. The molecular formula is C20H19ClF2N6O3. The van der Waals surface area contributed by atoms with Crippen LogP contribution in [0.2, 0.25) is 0 Å². The number of alkyl halides is 3. The maximum absolute atomic E-state index is 12.9. The maximum atomic E-state index is 12.9. The van der Waals surface area contributed by atoms with Gasteiger partial charge < -0.3 is 25.8 Å². The number of amides is 1. The van der Waals surface area contributed by atoms with Crippen LogP contribution in [0.25, 0.3) is 11.3 Å². The minimum absolute atomic E-state index is 0.00360. The molecule has 4 rings (SSSR count). The van der Waals surface area contributed by atoms with Gasteiger partial charge in [0.2, 0.25) is 0 Å². The predicted octanol–water partition coefficient (Wildman–Crippen LogP) is 3.05. The largest absolute Gasteiger partial charge is 0.487 e. The number of carbonyl (C=O) groups is 1. The van der Waals surface area contributed by atoms with Gasteiger partial charge in [0, 0.05) is 42.1 Å². The van der Waals surface area contributed by atoms with Gasteiger partial charge in [0.1, 0.15) is 17.4 Å². The fraction of sp³-hybridized carbons (Fsp3) is 0.250. The van der Waals surface area contributed by atoms with Crippen LogP contribution in [-0.4, -0.2) is 51.0 Å². The minimum atomic E-state index is -3.83. The number of nitrogens with two attached hydrogens (primary N) is 1. The van der Waals surface area contributed by atoms with E-state index in [1.165, 1.54) is 24.3 Å². The van der Waals surface area contributed by atoms with E-state index in [2.05, 4.69) is 25.2 Å². The van der Waals surface area contributed by atoms with Gasteiger partial charge in [-0.2, -0.15) is 5.10 Å². The lowest BCUT2D eigenvalue weighted by Gasteiger charge is -2.21. The van der Waals surface area contributed by atoms with Crippen molar-refractivity contribution in [1.29, 1.82) is 0 Å². The second kappa shape index (κ2) is 8.60. The summed E-state index contributed by atoms with van der Waals surface area (Å²) in [7, 11) is 0. The Balaban J connectivity index is 1.60. The first-order valence-corrected chi connectivity index (χ1v) is 9.98. The van der Waals surface area contributed by atoms with Gasteiger partial charge in [-0.1, -0.05) is 0 Å². The van der Waals surface area contributed by atoms with Gasteiger partial charge in [-0.05, 0) is 42.8 Å². The number of H-pyrrole nitrogens is 1. The summed E-state index contributed by atoms with van der Waals surface area (Å²) in [6.07, 6.45) is 1.70. The Labute approximate surface area is 186 Å². The third-order valence-corrected chi connectivity index (χ3v) is 4.95. The zero-order valence-corrected chi connectivity index (χ0v) is 17.3. The number of carbonyl (C=O) groups excluding carboxylic acids is 1. The highest BCUT2D eigenvalue weighted by Crippen LogP contribution is 2.33. The zero-order chi connectivity index (χ0) is 22.9. The fourth-order valence-corrected chi connectivity index (χ4v) is 3.51. The second-order valence-corrected chi connectivity index (χ2v) is 7.62. The molecule has 0 radical (unpaired) electrons. The molecular weight excluding hydrogens is 446 g/mol. The van der Waals surface area contributed by atoms with Crippen LogP contribution >= 0.6 is 11.6 Å². The van der Waals surface area contributed by atoms with E-state index in [0.29, 0.717) is 42.3 Å². The van der Waals surface area contributed by atoms with E-state index in [4.69, 9.17) is 17.3 Å². The van der Waals surface area contributed by atoms with Crippen molar-refractivity contribution in [3.8, 4) is 17.0 Å². The number of anilines is 3. The van der Waals surface area contributed by atoms with Crippen molar-refractivity contribution in [2.75, 3.05) is 29.0 Å². The molecule has 1 fully saturated rings. The Bertz CT molecular complexity index is 1110. The van der Waals surface area contributed by atoms with Crippen molar-refractivity contribution in [3.05, 3.63) is 48.2 Å². The quantitative estimate of drug-likeness (QED) is 0.412. The molecule has 1 aliphatic rings. The molecule has 32 heavy (non-hydrogen) atoms. The van der Waals surface area contributed by atoms with Crippen LogP contribution < -0.4 is 20.7 Å². The Morgan fingerprint density at radius 2 is 2.09 bits per heavy atom. The van der Waals surface area contributed by atoms with Crippen LogP contribution in [0.1, 0.15) is 16.8 Å². The molecule has 1 aliphatic heterocycles. The molecule has 1 amide bonds. The van der Waals surface area contributed by atoms with Gasteiger partial charge in [-0.25, -0.2) is 4.98 Å². The summed E-state index contributed by atoms with van der Waals surface area (Å²) < 4.78 is 29.7. The van der Waals surface area contributed by atoms with Crippen molar-refractivity contribution >= 4 is 34.8 Å². The number of hydrogen-bond acceptors (Lipinski definition) is 7. The summed E-state index contributed by atoms with van der Waals surface area (Å²) in [4.78, 5) is 19.2. The number of nitrogen functional groups attached to an aromatic ring is 1. The van der Waals surface area contributed by atoms with E-state index < -0.39 is 17.6 Å². The predicted molar refractivity (Wildman–Crippen MR) is 115 cm³/mol. The lowest BCUT2D eigenvalue weighted by molar-refractivity contribution is -0.0964. The van der Waals surface area contributed by atoms with Gasteiger partial charge in [-0.3, -0.25) is 9.89 Å². The van der Waals surface area contributed by atoms with Gasteiger partial charge in [0.15, 0.2) is 0 Å². The number of pyridine rings is 1. The van der Waals surface area contributed by atoms with Crippen LogP contribution in [0, 0.1) is 0 Å². The van der Waals surface area contributed by atoms with Crippen molar-refractivity contribution in [1.82, 2.24) is 15.2 Å². The van der Waals surface area contributed by atoms with E-state index in [-0.39, 0.29) is 17.1 Å². The van der Waals surface area contributed by atoms with E-state index in [1.807, 2.05) is 4.90 Å². The Morgan fingerprint density at radius 1 is 1.34 bits per heavy atom. The number of nitrogens with one attached hydrogen (secondary N) is 2. The molecule has 0 spiro atoms. The number of β-amino-alcohol motifs (C(OH)–C–C–N with tert-alkyl or cyclic N) is 1. The number of benzene rings is 1. The van der Waals surface area contributed by atoms with E-state index in [1.54, 1.807) is 18.3 Å². The summed E-state index contributed by atoms with van der Waals surface area (Å²) in [5, 5.41) is 19.3. The topological polar surface area (TPSA) is 129 Å². The van der Waals surface area contributed by atoms with Crippen molar-refractivity contribution in [2.24, 2.45) is 0 Å². The molecule has 0 aliphatic carbocycles. The SMILES string of the molecule is Nc1nc(N2CC[C@H](O)C2)c(-c2ccn[nH]2)cc1C(=O)Nc1ccc(OC(F)(F)Cl)cc1. The standard InChI is InChI=1S/C20H19ClF2N6O3/c21-20(22,23)32-13-3-1-11(2-4-13)26-19(31)15-9-14(16-5-7-25-28-16)18(27-17(15)24)29-8-6-12(30)10-29/h1-5,7,9,12,30H,6,8,10H2,(H2,24,27)(H,25,28)(H,26,31)/t12-/m0/s1. The molecule has 5 N–H and O–H groups in total. The minimum Gasteiger partial charge on any atom is -0.420 e. The first kappa shape index (κ1) is 21.8. The first-order chi connectivity index (χ1) is 15.2. The molecule has 12 heteroatoms. The highest BCUT2D eigenvalue weighted by Gasteiger charge is 2.28.